The molecule has 0 aromatic heterocycles. The molecular weight excluding hydrogens is 420 g/mol. The van der Waals surface area contributed by atoms with Crippen LogP contribution in [0.1, 0.15) is 19.3 Å². The van der Waals surface area contributed by atoms with Crippen LogP contribution < -0.4 is 0 Å². The molecule has 0 aliphatic rings. The van der Waals surface area contributed by atoms with Gasteiger partial charge in [-0.2, -0.15) is 37.9 Å². The molecule has 3 N–H and O–H groups in total. The second-order valence-corrected chi connectivity index (χ2v) is 5.59. The molecule has 0 aromatic rings. The van der Waals surface area contributed by atoms with E-state index in [2.05, 4.69) is 52.1 Å². The highest BCUT2D eigenvalue weighted by atomic mass is 32.1. The van der Waals surface area contributed by atoms with Gasteiger partial charge in [-0.25, -0.2) is 0 Å². The third kappa shape index (κ3) is 33.4. The Balaban J connectivity index is -0.000000320. The predicted molar refractivity (Wildman–Crippen MR) is 110 cm³/mol. The summed E-state index contributed by atoms with van der Waals surface area (Å²) in [7, 11) is 0. The van der Waals surface area contributed by atoms with Gasteiger partial charge in [0.1, 0.15) is 19.8 Å². The van der Waals surface area contributed by atoms with Gasteiger partial charge in [-0.05, 0) is 0 Å². The maximum Gasteiger partial charge on any atom is 0.306 e. The van der Waals surface area contributed by atoms with Crippen LogP contribution in [0.2, 0.25) is 0 Å². The van der Waals surface area contributed by atoms with E-state index in [9.17, 15) is 14.4 Å². The Kier molecular flexibility index (Phi) is 31.7. The van der Waals surface area contributed by atoms with Gasteiger partial charge in [-0.1, -0.05) is 0 Å². The van der Waals surface area contributed by atoms with E-state index in [1.54, 1.807) is 0 Å². The molecule has 0 rings (SSSR count). The zero-order valence-electron chi connectivity index (χ0n) is 15.1. The summed E-state index contributed by atoms with van der Waals surface area (Å²) >= 11 is 11.5. The molecule has 0 radical (unpaired) electrons. The van der Waals surface area contributed by atoms with E-state index in [0.717, 1.165) is 0 Å². The number of aliphatic hydroxyl groups is 3. The van der Waals surface area contributed by atoms with E-state index in [-0.39, 0.29) is 57.5 Å². The molecule has 0 saturated carbocycles. The highest BCUT2D eigenvalue weighted by Crippen LogP contribution is 1.88. The smallest absolute Gasteiger partial charge is 0.306 e. The average Bonchev–Trinajstić information content (AvgIpc) is 2.65. The molecule has 0 saturated heterocycles. The first-order chi connectivity index (χ1) is 12.9. The van der Waals surface area contributed by atoms with Gasteiger partial charge in [-0.15, -0.1) is 0 Å². The van der Waals surface area contributed by atoms with Crippen molar-refractivity contribution in [2.75, 3.05) is 56.9 Å². The predicted octanol–water partition coefficient (Wildman–Crippen LogP) is -0.475. The lowest BCUT2D eigenvalue weighted by Gasteiger charge is -1.98. The van der Waals surface area contributed by atoms with Crippen LogP contribution in [0.4, 0.5) is 0 Å². The Morgan fingerprint density at radius 1 is 0.556 bits per heavy atom. The van der Waals surface area contributed by atoms with Crippen molar-refractivity contribution < 1.29 is 43.9 Å². The molecule has 0 bridgehead atoms. The molecule has 12 heteroatoms. The second-order valence-electron chi connectivity index (χ2n) is 4.25. The number of rotatable bonds is 12. The Hall–Kier alpha value is -0.660. The van der Waals surface area contributed by atoms with Crippen LogP contribution >= 0.6 is 37.9 Å². The third-order valence-corrected chi connectivity index (χ3v) is 2.68. The molecule has 9 nitrogen and oxygen atoms in total. The summed E-state index contributed by atoms with van der Waals surface area (Å²) in [5, 5.41) is 24.6. The molecule has 0 aliphatic heterocycles. The summed E-state index contributed by atoms with van der Waals surface area (Å²) in [6.45, 7) is -0.0687. The fourth-order valence-corrected chi connectivity index (χ4v) is 1.52. The lowest BCUT2D eigenvalue weighted by molar-refractivity contribution is -0.144. The van der Waals surface area contributed by atoms with Crippen molar-refractivity contribution in [3.8, 4) is 0 Å². The van der Waals surface area contributed by atoms with Gasteiger partial charge in [0.2, 0.25) is 0 Å². The van der Waals surface area contributed by atoms with Crippen molar-refractivity contribution in [2.24, 2.45) is 0 Å². The van der Waals surface area contributed by atoms with E-state index in [1.165, 1.54) is 0 Å². The summed E-state index contributed by atoms with van der Waals surface area (Å²) in [5.74, 6) is 0.552. The largest absolute Gasteiger partial charge is 0.463 e. The zero-order chi connectivity index (χ0) is 21.3. The molecule has 0 aliphatic carbocycles. The molecular formula is C15H30O9S3. The van der Waals surface area contributed by atoms with Gasteiger partial charge in [0.15, 0.2) is 0 Å². The lowest BCUT2D eigenvalue weighted by Crippen LogP contribution is -2.08. The van der Waals surface area contributed by atoms with Crippen molar-refractivity contribution in [3.63, 3.8) is 0 Å². The highest BCUT2D eigenvalue weighted by molar-refractivity contribution is 7.80. The van der Waals surface area contributed by atoms with Crippen molar-refractivity contribution in [2.45, 2.75) is 19.3 Å². The maximum absolute atomic E-state index is 10.4. The van der Waals surface area contributed by atoms with Crippen LogP contribution in [-0.4, -0.2) is 90.1 Å². The van der Waals surface area contributed by atoms with Gasteiger partial charge in [-0.3, -0.25) is 14.4 Å². The van der Waals surface area contributed by atoms with Crippen LogP contribution in [0.15, 0.2) is 0 Å². The van der Waals surface area contributed by atoms with E-state index in [0.29, 0.717) is 36.5 Å². The first-order valence-corrected chi connectivity index (χ1v) is 9.95. The molecule has 0 amide bonds. The first-order valence-electron chi connectivity index (χ1n) is 8.05. The van der Waals surface area contributed by atoms with Gasteiger partial charge in [0, 0.05) is 17.3 Å². The van der Waals surface area contributed by atoms with Crippen molar-refractivity contribution in [1.82, 2.24) is 0 Å². The number of esters is 3. The number of ether oxygens (including phenoxy) is 3. The van der Waals surface area contributed by atoms with Crippen molar-refractivity contribution >= 4 is 55.8 Å². The van der Waals surface area contributed by atoms with Gasteiger partial charge in [0.25, 0.3) is 0 Å². The van der Waals surface area contributed by atoms with E-state index < -0.39 is 0 Å². The molecule has 0 unspecified atom stereocenters. The number of carbonyl (C=O) groups is 3. The molecule has 0 heterocycles. The standard InChI is InChI=1S/3C5H10O3S/c3*6-2-3-8-5(7)1-4-9/h3*6,9H,1-4H2. The first kappa shape index (κ1) is 31.0. The minimum atomic E-state index is -0.306. The van der Waals surface area contributed by atoms with Crippen LogP contribution in [0.25, 0.3) is 0 Å². The maximum atomic E-state index is 10.4. The minimum absolute atomic E-state index is 0.0899. The zero-order valence-corrected chi connectivity index (χ0v) is 17.8. The fourth-order valence-electron chi connectivity index (χ4n) is 0.969. The molecule has 27 heavy (non-hydrogen) atoms. The fraction of sp³-hybridized carbons (Fsp3) is 0.800. The van der Waals surface area contributed by atoms with Gasteiger partial charge < -0.3 is 29.5 Å². The molecule has 0 spiro atoms. The van der Waals surface area contributed by atoms with Crippen molar-refractivity contribution in [1.29, 1.82) is 0 Å². The monoisotopic (exact) mass is 450 g/mol. The summed E-state index contributed by atoms with van der Waals surface area (Å²) in [6, 6.07) is 0. The minimum Gasteiger partial charge on any atom is -0.463 e. The molecule has 0 fully saturated rings. The highest BCUT2D eigenvalue weighted by Gasteiger charge is 1.99. The summed E-state index contributed by atoms with van der Waals surface area (Å²) in [5.41, 5.74) is 0. The van der Waals surface area contributed by atoms with Gasteiger partial charge in [0.05, 0.1) is 39.1 Å². The van der Waals surface area contributed by atoms with Crippen LogP contribution in [-0.2, 0) is 28.6 Å². The van der Waals surface area contributed by atoms with E-state index in [1.807, 2.05) is 0 Å². The quantitative estimate of drug-likeness (QED) is 0.132. The third-order valence-electron chi connectivity index (χ3n) is 2.01. The van der Waals surface area contributed by atoms with Crippen LogP contribution in [0, 0.1) is 0 Å². The summed E-state index contributed by atoms with van der Waals surface area (Å²) in [4.78, 5) is 31.3. The molecule has 162 valence electrons. The Labute approximate surface area is 176 Å². The topological polar surface area (TPSA) is 140 Å². The SMILES string of the molecule is O=C(CCS)OCCO.O=C(CCS)OCCO.O=C(CCS)OCCO. The number of hydrogen-bond acceptors (Lipinski definition) is 12. The summed E-state index contributed by atoms with van der Waals surface area (Å²) < 4.78 is 13.5. The molecule has 0 aromatic carbocycles. The average molecular weight is 451 g/mol. The van der Waals surface area contributed by atoms with E-state index in [4.69, 9.17) is 15.3 Å². The Bertz CT molecular complexity index is 305. The Morgan fingerprint density at radius 3 is 0.926 bits per heavy atom. The number of hydrogen-bond donors (Lipinski definition) is 6. The summed E-state index contributed by atoms with van der Waals surface area (Å²) in [6.07, 6.45) is 0.926. The molecule has 0 atom stereocenters. The van der Waals surface area contributed by atoms with Gasteiger partial charge >= 0.3 is 17.9 Å². The number of carbonyl (C=O) groups excluding carboxylic acids is 3. The second kappa shape index (κ2) is 27.6. The lowest BCUT2D eigenvalue weighted by atomic mass is 10.5. The van der Waals surface area contributed by atoms with Crippen molar-refractivity contribution in [3.05, 3.63) is 0 Å². The normalized spacial score (nSPS) is 9.11. The number of aliphatic hydroxyl groups excluding tert-OH is 3. The Morgan fingerprint density at radius 2 is 0.778 bits per heavy atom. The van der Waals surface area contributed by atoms with E-state index >= 15 is 0 Å². The van der Waals surface area contributed by atoms with Crippen LogP contribution in [0.3, 0.4) is 0 Å². The van der Waals surface area contributed by atoms with Crippen LogP contribution in [0.5, 0.6) is 0 Å². The number of thiol groups is 3.